The highest BCUT2D eigenvalue weighted by Gasteiger charge is 2.06. The Labute approximate surface area is 148 Å². The average Bonchev–Trinajstić information content (AvgIpc) is 2.58. The fraction of sp³-hybridized carbons (Fsp3) is 0.263. The molecule has 0 fully saturated rings. The lowest BCUT2D eigenvalue weighted by Crippen LogP contribution is -2.35. The van der Waals surface area contributed by atoms with Crippen molar-refractivity contribution in [3.05, 3.63) is 59.7 Å². The summed E-state index contributed by atoms with van der Waals surface area (Å²) in [5.74, 6) is -0.278. The van der Waals surface area contributed by atoms with E-state index in [4.69, 9.17) is 0 Å². The van der Waals surface area contributed by atoms with E-state index in [2.05, 4.69) is 21.3 Å². The van der Waals surface area contributed by atoms with Crippen LogP contribution in [0, 0.1) is 6.92 Å². The number of rotatable bonds is 7. The van der Waals surface area contributed by atoms with E-state index >= 15 is 0 Å². The molecule has 0 saturated heterocycles. The maximum Gasteiger partial charge on any atom is 0.319 e. The highest BCUT2D eigenvalue weighted by molar-refractivity contribution is 5.97. The van der Waals surface area contributed by atoms with E-state index in [1.165, 1.54) is 0 Å². The molecule has 0 spiro atoms. The minimum atomic E-state index is -0.415. The van der Waals surface area contributed by atoms with Gasteiger partial charge in [-0.3, -0.25) is 4.79 Å². The molecule has 2 rings (SSSR count). The number of urea groups is 1. The number of benzene rings is 2. The van der Waals surface area contributed by atoms with Crippen LogP contribution in [0.2, 0.25) is 0 Å². The van der Waals surface area contributed by atoms with E-state index < -0.39 is 6.03 Å². The van der Waals surface area contributed by atoms with Gasteiger partial charge in [-0.15, -0.1) is 0 Å². The Morgan fingerprint density at radius 2 is 1.68 bits per heavy atom. The monoisotopic (exact) mass is 340 g/mol. The lowest BCUT2D eigenvalue weighted by Gasteiger charge is -2.10. The van der Waals surface area contributed by atoms with Crippen molar-refractivity contribution in [2.45, 2.75) is 20.4 Å². The van der Waals surface area contributed by atoms with Crippen molar-refractivity contribution in [1.82, 2.24) is 10.6 Å². The minimum absolute atomic E-state index is 0.102. The van der Waals surface area contributed by atoms with Gasteiger partial charge in [-0.05, 0) is 48.9 Å². The summed E-state index contributed by atoms with van der Waals surface area (Å²) in [5.41, 5.74) is 3.54. The molecule has 0 aliphatic carbocycles. The first-order valence-electron chi connectivity index (χ1n) is 8.28. The number of carbonyl (C=O) groups excluding carboxylic acids is 2. The van der Waals surface area contributed by atoms with Crippen LogP contribution in [0.3, 0.4) is 0 Å². The Morgan fingerprint density at radius 1 is 0.960 bits per heavy atom. The summed E-state index contributed by atoms with van der Waals surface area (Å²) in [4.78, 5) is 23.8. The van der Waals surface area contributed by atoms with E-state index in [0.717, 1.165) is 24.2 Å². The Balaban J connectivity index is 1.79. The second-order valence-electron chi connectivity index (χ2n) is 5.71. The normalized spacial score (nSPS) is 10.2. The fourth-order valence-electron chi connectivity index (χ4n) is 2.29. The number of aryl methyl sites for hydroxylation is 1. The lowest BCUT2D eigenvalue weighted by atomic mass is 10.2. The molecule has 0 saturated carbocycles. The second kappa shape index (κ2) is 9.44. The number of nitrogens with one attached hydrogen (secondary N) is 4. The third-order valence-corrected chi connectivity index (χ3v) is 3.48. The number of amides is 3. The third-order valence-electron chi connectivity index (χ3n) is 3.48. The molecule has 3 amide bonds. The van der Waals surface area contributed by atoms with E-state index in [1.54, 1.807) is 6.07 Å². The average molecular weight is 340 g/mol. The zero-order valence-corrected chi connectivity index (χ0v) is 14.6. The van der Waals surface area contributed by atoms with Crippen LogP contribution in [0.25, 0.3) is 0 Å². The summed E-state index contributed by atoms with van der Waals surface area (Å²) in [7, 11) is 0. The molecule has 0 aromatic heterocycles. The first-order valence-corrected chi connectivity index (χ1v) is 8.28. The van der Waals surface area contributed by atoms with Crippen molar-refractivity contribution >= 4 is 23.3 Å². The summed E-state index contributed by atoms with van der Waals surface area (Å²) in [6, 6.07) is 14.7. The first kappa shape index (κ1) is 18.5. The molecule has 4 N–H and O–H groups in total. The number of carbonyl (C=O) groups is 2. The standard InChI is InChI=1S/C19H24N4O2/c1-3-20-12-15-7-5-9-17(11-15)22-18(24)13-21-19(25)23-16-8-4-6-14(2)10-16/h4-11,20H,3,12-13H2,1-2H3,(H,22,24)(H2,21,23,25). The molecule has 0 unspecified atom stereocenters. The maximum absolute atomic E-state index is 12.0. The van der Waals surface area contributed by atoms with Gasteiger partial charge in [0.15, 0.2) is 0 Å². The molecule has 0 aliphatic heterocycles. The van der Waals surface area contributed by atoms with Gasteiger partial charge < -0.3 is 21.3 Å². The van der Waals surface area contributed by atoms with Gasteiger partial charge in [0.2, 0.25) is 5.91 Å². The highest BCUT2D eigenvalue weighted by atomic mass is 16.2. The Bertz CT molecular complexity index is 731. The van der Waals surface area contributed by atoms with Crippen LogP contribution >= 0.6 is 0 Å². The van der Waals surface area contributed by atoms with Crippen molar-refractivity contribution in [2.75, 3.05) is 23.7 Å². The molecule has 0 aliphatic rings. The molecular weight excluding hydrogens is 316 g/mol. The van der Waals surface area contributed by atoms with Crippen molar-refractivity contribution in [2.24, 2.45) is 0 Å². The number of hydrogen-bond donors (Lipinski definition) is 4. The summed E-state index contributed by atoms with van der Waals surface area (Å²) >= 11 is 0. The second-order valence-corrected chi connectivity index (χ2v) is 5.71. The van der Waals surface area contributed by atoms with Crippen LogP contribution in [0.4, 0.5) is 16.2 Å². The van der Waals surface area contributed by atoms with Crippen LogP contribution < -0.4 is 21.3 Å². The molecule has 2 aromatic carbocycles. The molecule has 6 heteroatoms. The summed E-state index contributed by atoms with van der Waals surface area (Å²) in [6.45, 7) is 5.52. The zero-order chi connectivity index (χ0) is 18.1. The quantitative estimate of drug-likeness (QED) is 0.625. The molecule has 2 aromatic rings. The van der Waals surface area contributed by atoms with Crippen LogP contribution in [0.5, 0.6) is 0 Å². The lowest BCUT2D eigenvalue weighted by molar-refractivity contribution is -0.115. The Kier molecular flexibility index (Phi) is 6.98. The number of hydrogen-bond acceptors (Lipinski definition) is 3. The molecule has 0 bridgehead atoms. The van der Waals surface area contributed by atoms with E-state index in [9.17, 15) is 9.59 Å². The molecule has 0 atom stereocenters. The van der Waals surface area contributed by atoms with Gasteiger partial charge in [0, 0.05) is 17.9 Å². The molecular formula is C19H24N4O2. The van der Waals surface area contributed by atoms with E-state index in [-0.39, 0.29) is 12.5 Å². The van der Waals surface area contributed by atoms with Gasteiger partial charge in [-0.25, -0.2) is 4.79 Å². The summed E-state index contributed by atoms with van der Waals surface area (Å²) < 4.78 is 0. The van der Waals surface area contributed by atoms with Crippen LogP contribution in [0.1, 0.15) is 18.1 Å². The molecule has 0 heterocycles. The predicted molar refractivity (Wildman–Crippen MR) is 101 cm³/mol. The van der Waals surface area contributed by atoms with Gasteiger partial charge in [0.25, 0.3) is 0 Å². The maximum atomic E-state index is 12.0. The van der Waals surface area contributed by atoms with Crippen molar-refractivity contribution in [3.63, 3.8) is 0 Å². The van der Waals surface area contributed by atoms with Crippen LogP contribution in [0.15, 0.2) is 48.5 Å². The molecule has 25 heavy (non-hydrogen) atoms. The Hall–Kier alpha value is -2.86. The van der Waals surface area contributed by atoms with Gasteiger partial charge >= 0.3 is 6.03 Å². The predicted octanol–water partition coefficient (Wildman–Crippen LogP) is 2.86. The Morgan fingerprint density at radius 3 is 2.40 bits per heavy atom. The smallest absolute Gasteiger partial charge is 0.319 e. The first-order chi connectivity index (χ1) is 12.1. The fourth-order valence-corrected chi connectivity index (χ4v) is 2.29. The van der Waals surface area contributed by atoms with Crippen molar-refractivity contribution < 1.29 is 9.59 Å². The largest absolute Gasteiger partial charge is 0.329 e. The van der Waals surface area contributed by atoms with Crippen LogP contribution in [-0.2, 0) is 11.3 Å². The van der Waals surface area contributed by atoms with Gasteiger partial charge in [0.1, 0.15) is 0 Å². The van der Waals surface area contributed by atoms with E-state index in [1.807, 2.05) is 56.3 Å². The van der Waals surface area contributed by atoms with Gasteiger partial charge in [-0.1, -0.05) is 31.2 Å². The molecule has 0 radical (unpaired) electrons. The van der Waals surface area contributed by atoms with Crippen molar-refractivity contribution in [3.8, 4) is 0 Å². The minimum Gasteiger partial charge on any atom is -0.329 e. The third kappa shape index (κ3) is 6.64. The van der Waals surface area contributed by atoms with Gasteiger partial charge in [0.05, 0.1) is 6.54 Å². The van der Waals surface area contributed by atoms with Crippen molar-refractivity contribution in [1.29, 1.82) is 0 Å². The highest BCUT2D eigenvalue weighted by Crippen LogP contribution is 2.11. The molecule has 132 valence electrons. The molecule has 6 nitrogen and oxygen atoms in total. The van der Waals surface area contributed by atoms with E-state index in [0.29, 0.717) is 11.4 Å². The summed E-state index contributed by atoms with van der Waals surface area (Å²) in [5, 5.41) is 11.3. The number of anilines is 2. The zero-order valence-electron chi connectivity index (χ0n) is 14.6. The SMILES string of the molecule is CCNCc1cccc(NC(=O)CNC(=O)Nc2cccc(C)c2)c1. The topological polar surface area (TPSA) is 82.3 Å². The van der Waals surface area contributed by atoms with Gasteiger partial charge in [-0.2, -0.15) is 0 Å². The summed E-state index contributed by atoms with van der Waals surface area (Å²) in [6.07, 6.45) is 0. The van der Waals surface area contributed by atoms with Crippen LogP contribution in [-0.4, -0.2) is 25.0 Å².